The molecule has 1 aromatic heterocycles. The smallest absolute Gasteiger partial charge is 0.307 e. The highest BCUT2D eigenvalue weighted by Crippen LogP contribution is 2.27. The zero-order chi connectivity index (χ0) is 19.2. The Morgan fingerprint density at radius 3 is 2.85 bits per heavy atom. The van der Waals surface area contributed by atoms with Crippen molar-refractivity contribution in [2.75, 3.05) is 13.7 Å². The lowest BCUT2D eigenvalue weighted by atomic mass is 10.1. The maximum Gasteiger partial charge on any atom is 0.307 e. The van der Waals surface area contributed by atoms with Crippen LogP contribution in [0.5, 0.6) is 11.5 Å². The van der Waals surface area contributed by atoms with Crippen molar-refractivity contribution in [1.82, 2.24) is 5.43 Å². The molecule has 7 nitrogen and oxygen atoms in total. The molecular weight excluding hydrogens is 346 g/mol. The Morgan fingerprint density at radius 1 is 1.30 bits per heavy atom. The van der Waals surface area contributed by atoms with Gasteiger partial charge in [-0.15, -0.1) is 0 Å². The molecule has 27 heavy (non-hydrogen) atoms. The fourth-order valence-corrected chi connectivity index (χ4v) is 2.60. The Labute approximate surface area is 155 Å². The van der Waals surface area contributed by atoms with Crippen LogP contribution in [0, 0.1) is 18.3 Å². The fraction of sp³-hybridized carbons (Fsp3) is 0.150. The molecule has 0 fully saturated rings. The molecule has 7 heteroatoms. The van der Waals surface area contributed by atoms with E-state index in [1.54, 1.807) is 18.2 Å². The van der Waals surface area contributed by atoms with Gasteiger partial charge in [0.05, 0.1) is 13.3 Å². The number of carbonyl (C=O) groups excluding carboxylic acids is 1. The van der Waals surface area contributed by atoms with Gasteiger partial charge in [0.25, 0.3) is 0 Å². The number of nitriles is 1. The number of nitrogens with zero attached hydrogens (tertiary/aromatic N) is 2. The summed E-state index contributed by atoms with van der Waals surface area (Å²) in [5, 5.41) is 13.4. The molecule has 2 aromatic carbocycles. The Balaban J connectivity index is 1.72. The first kappa shape index (κ1) is 18.0. The summed E-state index contributed by atoms with van der Waals surface area (Å²) in [5.74, 6) is 0.721. The quantitative estimate of drug-likeness (QED) is 0.535. The second-order valence-corrected chi connectivity index (χ2v) is 5.61. The summed E-state index contributed by atoms with van der Waals surface area (Å²) in [6, 6.07) is 14.4. The summed E-state index contributed by atoms with van der Waals surface area (Å²) < 4.78 is 16.1. The second kappa shape index (κ2) is 8.06. The van der Waals surface area contributed by atoms with Crippen LogP contribution in [-0.4, -0.2) is 25.8 Å². The number of ether oxygens (including phenoxy) is 2. The predicted molar refractivity (Wildman–Crippen MR) is 100 cm³/mol. The number of hydrogen-bond acceptors (Lipinski definition) is 6. The molecule has 0 spiro atoms. The van der Waals surface area contributed by atoms with Crippen molar-refractivity contribution in [1.29, 1.82) is 5.26 Å². The van der Waals surface area contributed by atoms with Crippen molar-refractivity contribution >= 4 is 23.1 Å². The summed E-state index contributed by atoms with van der Waals surface area (Å²) in [5.41, 5.74) is 4.57. The summed E-state index contributed by atoms with van der Waals surface area (Å²) in [6.45, 7) is 1.76. The number of hydrogen-bond donors (Lipinski definition) is 1. The van der Waals surface area contributed by atoms with Gasteiger partial charge in [0.1, 0.15) is 11.7 Å². The van der Waals surface area contributed by atoms with E-state index >= 15 is 0 Å². The van der Waals surface area contributed by atoms with Gasteiger partial charge in [0, 0.05) is 10.9 Å². The van der Waals surface area contributed by atoms with Crippen LogP contribution in [-0.2, 0) is 0 Å². The molecule has 0 saturated heterocycles. The van der Waals surface area contributed by atoms with Crippen LogP contribution < -0.4 is 14.9 Å². The number of carbonyl (C=O) groups is 1. The largest absolute Gasteiger partial charge is 0.493 e. The number of nitrogens with one attached hydrogen (secondary N) is 1. The average Bonchev–Trinajstić information content (AvgIpc) is 3.03. The van der Waals surface area contributed by atoms with Gasteiger partial charge in [-0.1, -0.05) is 18.2 Å². The molecule has 3 rings (SSSR count). The molecule has 136 valence electrons. The van der Waals surface area contributed by atoms with Crippen molar-refractivity contribution in [2.45, 2.75) is 6.92 Å². The summed E-state index contributed by atoms with van der Waals surface area (Å²) in [7, 11) is 1.50. The van der Waals surface area contributed by atoms with Crippen molar-refractivity contribution < 1.29 is 18.7 Å². The SMILES string of the molecule is COc1cc(/C=N\NC(=O)c2oc3ccccc3c2C)ccc1OCC#N. The normalized spacial score (nSPS) is 10.7. The molecule has 0 aliphatic carbocycles. The highest BCUT2D eigenvalue weighted by atomic mass is 16.5. The Bertz CT molecular complexity index is 1050. The van der Waals surface area contributed by atoms with Gasteiger partial charge < -0.3 is 13.9 Å². The first-order valence-electron chi connectivity index (χ1n) is 8.13. The van der Waals surface area contributed by atoms with E-state index in [9.17, 15) is 4.79 Å². The van der Waals surface area contributed by atoms with Crippen LogP contribution in [0.25, 0.3) is 11.0 Å². The van der Waals surface area contributed by atoms with Gasteiger partial charge in [-0.05, 0) is 36.8 Å². The number of methoxy groups -OCH3 is 1. The summed E-state index contributed by atoms with van der Waals surface area (Å²) >= 11 is 0. The van der Waals surface area contributed by atoms with Gasteiger partial charge in [0.2, 0.25) is 0 Å². The van der Waals surface area contributed by atoms with Crippen LogP contribution in [0.3, 0.4) is 0 Å². The number of amides is 1. The van der Waals surface area contributed by atoms with Crippen molar-refractivity contribution in [3.63, 3.8) is 0 Å². The maximum atomic E-state index is 12.3. The number of aryl methyl sites for hydroxylation is 1. The molecule has 0 aliphatic rings. The van der Waals surface area contributed by atoms with Crippen molar-refractivity contribution in [3.8, 4) is 17.6 Å². The first-order valence-corrected chi connectivity index (χ1v) is 8.13. The third-order valence-electron chi connectivity index (χ3n) is 3.91. The lowest BCUT2D eigenvalue weighted by Gasteiger charge is -2.08. The number of fused-ring (bicyclic) bond motifs is 1. The molecule has 0 saturated carbocycles. The van der Waals surface area contributed by atoms with E-state index in [0.29, 0.717) is 22.6 Å². The third kappa shape index (κ3) is 3.90. The van der Waals surface area contributed by atoms with E-state index in [2.05, 4.69) is 10.5 Å². The fourth-order valence-electron chi connectivity index (χ4n) is 2.60. The monoisotopic (exact) mass is 363 g/mol. The van der Waals surface area contributed by atoms with E-state index in [-0.39, 0.29) is 12.4 Å². The molecule has 3 aromatic rings. The molecule has 0 bridgehead atoms. The van der Waals surface area contributed by atoms with Gasteiger partial charge in [-0.2, -0.15) is 10.4 Å². The zero-order valence-electron chi connectivity index (χ0n) is 14.9. The highest BCUT2D eigenvalue weighted by Gasteiger charge is 2.16. The molecule has 1 heterocycles. The van der Waals surface area contributed by atoms with E-state index in [4.69, 9.17) is 19.2 Å². The highest BCUT2D eigenvalue weighted by molar-refractivity contribution is 5.99. The van der Waals surface area contributed by atoms with Crippen molar-refractivity contribution in [2.24, 2.45) is 5.10 Å². The Kier molecular flexibility index (Phi) is 5.38. The lowest BCUT2D eigenvalue weighted by Crippen LogP contribution is -2.17. The third-order valence-corrected chi connectivity index (χ3v) is 3.91. The molecule has 0 unspecified atom stereocenters. The van der Waals surface area contributed by atoms with Gasteiger partial charge >= 0.3 is 5.91 Å². The Hall–Kier alpha value is -3.79. The van der Waals surface area contributed by atoms with Crippen LogP contribution >= 0.6 is 0 Å². The summed E-state index contributed by atoms with van der Waals surface area (Å²) in [4.78, 5) is 12.3. The first-order chi connectivity index (χ1) is 13.1. The molecule has 1 amide bonds. The Morgan fingerprint density at radius 2 is 2.11 bits per heavy atom. The molecule has 0 aliphatic heterocycles. The molecular formula is C20H17N3O4. The topological polar surface area (TPSA) is 96.8 Å². The van der Waals surface area contributed by atoms with Gasteiger partial charge in [-0.3, -0.25) is 4.79 Å². The van der Waals surface area contributed by atoms with Crippen LogP contribution in [0.15, 0.2) is 52.0 Å². The zero-order valence-corrected chi connectivity index (χ0v) is 14.9. The lowest BCUT2D eigenvalue weighted by molar-refractivity contribution is 0.0929. The van der Waals surface area contributed by atoms with E-state index in [0.717, 1.165) is 10.9 Å². The summed E-state index contributed by atoms with van der Waals surface area (Å²) in [6.07, 6.45) is 1.48. The van der Waals surface area contributed by atoms with E-state index in [1.807, 2.05) is 37.3 Å². The number of benzene rings is 2. The molecule has 0 atom stereocenters. The number of hydrazone groups is 1. The van der Waals surface area contributed by atoms with E-state index in [1.165, 1.54) is 13.3 Å². The minimum atomic E-state index is -0.430. The van der Waals surface area contributed by atoms with Gasteiger partial charge in [0.15, 0.2) is 23.9 Å². The van der Waals surface area contributed by atoms with Crippen LogP contribution in [0.4, 0.5) is 0 Å². The maximum absolute atomic E-state index is 12.3. The number of rotatable bonds is 6. The second-order valence-electron chi connectivity index (χ2n) is 5.61. The molecule has 1 N–H and O–H groups in total. The minimum Gasteiger partial charge on any atom is -0.493 e. The van der Waals surface area contributed by atoms with E-state index < -0.39 is 5.91 Å². The number of furan rings is 1. The number of para-hydroxylation sites is 1. The minimum absolute atomic E-state index is 0.0727. The van der Waals surface area contributed by atoms with Gasteiger partial charge in [-0.25, -0.2) is 5.43 Å². The standard InChI is InChI=1S/C20H17N3O4/c1-13-15-5-3-4-6-16(15)27-19(13)20(24)23-22-12-14-7-8-17(26-10-9-21)18(11-14)25-2/h3-8,11-12H,10H2,1-2H3,(H,23,24)/b22-12-. The average molecular weight is 363 g/mol. The van der Waals surface area contributed by atoms with Crippen molar-refractivity contribution in [3.05, 3.63) is 59.4 Å². The molecule has 0 radical (unpaired) electrons. The van der Waals surface area contributed by atoms with Crippen LogP contribution in [0.1, 0.15) is 21.7 Å². The van der Waals surface area contributed by atoms with Crippen LogP contribution in [0.2, 0.25) is 0 Å². The predicted octanol–water partition coefficient (Wildman–Crippen LogP) is 3.42.